The Labute approximate surface area is 82.3 Å². The minimum Gasteiger partial charge on any atom is -0.273 e. The summed E-state index contributed by atoms with van der Waals surface area (Å²) < 4.78 is 1.75. The second-order valence-corrected chi connectivity index (χ2v) is 3.13. The van der Waals surface area contributed by atoms with E-state index in [4.69, 9.17) is 0 Å². The fraction of sp³-hybridized carbons (Fsp3) is 0.182. The minimum absolute atomic E-state index is 0.0198. The number of benzene rings is 1. The lowest BCUT2D eigenvalue weighted by atomic mass is 10.3. The molecule has 2 aromatic rings. The van der Waals surface area contributed by atoms with Crippen LogP contribution in [0.5, 0.6) is 0 Å². The van der Waals surface area contributed by atoms with Crippen molar-refractivity contribution in [3.63, 3.8) is 0 Å². The molecule has 0 fully saturated rings. The zero-order valence-corrected chi connectivity index (χ0v) is 8.03. The van der Waals surface area contributed by atoms with E-state index in [9.17, 15) is 4.79 Å². The van der Waals surface area contributed by atoms with Crippen LogP contribution in [0.25, 0.3) is 10.9 Å². The van der Waals surface area contributed by atoms with Crippen LogP contribution in [0.15, 0.2) is 36.5 Å². The number of carbonyl (C=O) groups excluding carboxylic acids is 1. The number of hydrogen-bond acceptors (Lipinski definition) is 1. The first-order valence-corrected chi connectivity index (χ1v) is 4.67. The summed E-state index contributed by atoms with van der Waals surface area (Å²) in [6.45, 7) is 1.83. The monoisotopic (exact) mass is 188 g/mol. The van der Waals surface area contributed by atoms with Gasteiger partial charge in [-0.1, -0.05) is 25.1 Å². The van der Waals surface area contributed by atoms with Gasteiger partial charge in [0.2, 0.25) is 5.91 Å². The first-order valence-electron chi connectivity index (χ1n) is 4.67. The number of amides is 1. The summed E-state index contributed by atoms with van der Waals surface area (Å²) in [6.07, 6.45) is 2.35. The van der Waals surface area contributed by atoms with Gasteiger partial charge in [0.05, 0.1) is 5.52 Å². The molecular formula is C11H12N2O. The summed E-state index contributed by atoms with van der Waals surface area (Å²) >= 11 is 0. The lowest BCUT2D eigenvalue weighted by Gasteiger charge is -2.05. The molecule has 1 heterocycles. The van der Waals surface area contributed by atoms with Crippen LogP contribution in [0.4, 0.5) is 0 Å². The third-order valence-electron chi connectivity index (χ3n) is 2.17. The fourth-order valence-corrected chi connectivity index (χ4v) is 1.39. The van der Waals surface area contributed by atoms with Crippen molar-refractivity contribution in [2.75, 3.05) is 5.43 Å². The molecule has 3 nitrogen and oxygen atoms in total. The van der Waals surface area contributed by atoms with Crippen molar-refractivity contribution >= 4 is 16.8 Å². The molecule has 0 saturated carbocycles. The average Bonchev–Trinajstić information content (AvgIpc) is 2.62. The average molecular weight is 188 g/mol. The van der Waals surface area contributed by atoms with E-state index in [1.54, 1.807) is 4.68 Å². The molecular weight excluding hydrogens is 176 g/mol. The molecule has 0 aliphatic rings. The zero-order valence-electron chi connectivity index (χ0n) is 8.03. The van der Waals surface area contributed by atoms with Crippen molar-refractivity contribution in [2.24, 2.45) is 0 Å². The van der Waals surface area contributed by atoms with E-state index in [0.29, 0.717) is 6.42 Å². The third kappa shape index (κ3) is 1.48. The Morgan fingerprint density at radius 1 is 1.36 bits per heavy atom. The van der Waals surface area contributed by atoms with Crippen LogP contribution in [-0.4, -0.2) is 10.6 Å². The maximum atomic E-state index is 11.2. The van der Waals surface area contributed by atoms with Crippen molar-refractivity contribution in [1.29, 1.82) is 0 Å². The number of nitrogens with one attached hydrogen (secondary N) is 1. The van der Waals surface area contributed by atoms with Gasteiger partial charge in [-0.3, -0.25) is 14.9 Å². The normalized spacial score (nSPS) is 10.4. The second kappa shape index (κ2) is 3.54. The summed E-state index contributed by atoms with van der Waals surface area (Å²) in [6, 6.07) is 9.91. The van der Waals surface area contributed by atoms with E-state index in [1.165, 1.54) is 0 Å². The number of rotatable bonds is 2. The molecule has 1 amide bonds. The highest BCUT2D eigenvalue weighted by Crippen LogP contribution is 2.13. The van der Waals surface area contributed by atoms with Gasteiger partial charge in [0, 0.05) is 18.0 Å². The van der Waals surface area contributed by atoms with E-state index in [2.05, 4.69) is 5.43 Å². The van der Waals surface area contributed by atoms with Crippen molar-refractivity contribution in [1.82, 2.24) is 4.68 Å². The maximum Gasteiger partial charge on any atom is 0.238 e. The molecule has 0 bridgehead atoms. The lowest BCUT2D eigenvalue weighted by molar-refractivity contribution is -0.116. The maximum absolute atomic E-state index is 11.2. The third-order valence-corrected chi connectivity index (χ3v) is 2.17. The van der Waals surface area contributed by atoms with Crippen LogP contribution in [-0.2, 0) is 4.79 Å². The standard InChI is InChI=1S/C11H12N2O/c1-2-11(14)12-13-8-7-9-5-3-4-6-10(9)13/h3-8H,2H2,1H3,(H,12,14). The van der Waals surface area contributed by atoms with Gasteiger partial charge in [-0.2, -0.15) is 0 Å². The molecule has 14 heavy (non-hydrogen) atoms. The Kier molecular flexibility index (Phi) is 2.23. The smallest absolute Gasteiger partial charge is 0.238 e. The Morgan fingerprint density at radius 3 is 2.93 bits per heavy atom. The predicted octanol–water partition coefficient (Wildman–Crippen LogP) is 2.12. The molecule has 0 aliphatic carbocycles. The summed E-state index contributed by atoms with van der Waals surface area (Å²) in [7, 11) is 0. The molecule has 0 spiro atoms. The Hall–Kier alpha value is -1.77. The highest BCUT2D eigenvalue weighted by Gasteiger charge is 2.01. The van der Waals surface area contributed by atoms with Gasteiger partial charge in [-0.25, -0.2) is 0 Å². The van der Waals surface area contributed by atoms with Crippen molar-refractivity contribution in [3.8, 4) is 0 Å². The Balaban J connectivity index is 2.38. The molecule has 0 unspecified atom stereocenters. The molecule has 2 rings (SSSR count). The topological polar surface area (TPSA) is 34.0 Å². The van der Waals surface area contributed by atoms with Crippen LogP contribution in [0.1, 0.15) is 13.3 Å². The first kappa shape index (κ1) is 8.81. The Bertz CT molecular complexity index is 459. The van der Waals surface area contributed by atoms with E-state index in [1.807, 2.05) is 43.5 Å². The molecule has 3 heteroatoms. The molecule has 0 radical (unpaired) electrons. The number of hydrogen-bond donors (Lipinski definition) is 1. The molecule has 1 aromatic heterocycles. The lowest BCUT2D eigenvalue weighted by Crippen LogP contribution is -2.20. The summed E-state index contributed by atoms with van der Waals surface area (Å²) in [5.41, 5.74) is 3.81. The highest BCUT2D eigenvalue weighted by atomic mass is 16.2. The first-order chi connectivity index (χ1) is 6.81. The fourth-order valence-electron chi connectivity index (χ4n) is 1.39. The van der Waals surface area contributed by atoms with E-state index >= 15 is 0 Å². The van der Waals surface area contributed by atoms with Gasteiger partial charge in [-0.05, 0) is 12.1 Å². The molecule has 0 atom stereocenters. The summed E-state index contributed by atoms with van der Waals surface area (Å²) in [5, 5.41) is 1.13. The predicted molar refractivity (Wildman–Crippen MR) is 56.6 cm³/mol. The quantitative estimate of drug-likeness (QED) is 0.769. The van der Waals surface area contributed by atoms with Crippen LogP contribution < -0.4 is 5.43 Å². The van der Waals surface area contributed by atoms with Gasteiger partial charge in [0.25, 0.3) is 0 Å². The van der Waals surface area contributed by atoms with Crippen LogP contribution in [0.2, 0.25) is 0 Å². The molecule has 0 saturated heterocycles. The number of aromatic nitrogens is 1. The van der Waals surface area contributed by atoms with E-state index < -0.39 is 0 Å². The largest absolute Gasteiger partial charge is 0.273 e. The van der Waals surface area contributed by atoms with Crippen molar-refractivity contribution < 1.29 is 4.79 Å². The number of nitrogens with zero attached hydrogens (tertiary/aromatic N) is 1. The number of fused-ring (bicyclic) bond motifs is 1. The van der Waals surface area contributed by atoms with Crippen LogP contribution in [0.3, 0.4) is 0 Å². The van der Waals surface area contributed by atoms with Gasteiger partial charge >= 0.3 is 0 Å². The molecule has 1 aromatic carbocycles. The second-order valence-electron chi connectivity index (χ2n) is 3.13. The van der Waals surface area contributed by atoms with Crippen LogP contribution >= 0.6 is 0 Å². The van der Waals surface area contributed by atoms with E-state index in [-0.39, 0.29) is 5.91 Å². The number of carbonyl (C=O) groups is 1. The van der Waals surface area contributed by atoms with Crippen molar-refractivity contribution in [3.05, 3.63) is 36.5 Å². The van der Waals surface area contributed by atoms with E-state index in [0.717, 1.165) is 10.9 Å². The van der Waals surface area contributed by atoms with Crippen LogP contribution in [0, 0.1) is 0 Å². The summed E-state index contributed by atoms with van der Waals surface area (Å²) in [5.74, 6) is 0.0198. The molecule has 72 valence electrons. The minimum atomic E-state index is 0.0198. The SMILES string of the molecule is CCC(=O)Nn1ccc2ccccc21. The zero-order chi connectivity index (χ0) is 9.97. The van der Waals surface area contributed by atoms with Gasteiger partial charge in [0.15, 0.2) is 0 Å². The molecule has 0 aliphatic heterocycles. The molecule has 1 N–H and O–H groups in total. The summed E-state index contributed by atoms with van der Waals surface area (Å²) in [4.78, 5) is 11.2. The Morgan fingerprint density at radius 2 is 2.14 bits per heavy atom. The van der Waals surface area contributed by atoms with Gasteiger partial charge in [0.1, 0.15) is 0 Å². The van der Waals surface area contributed by atoms with Gasteiger partial charge in [-0.15, -0.1) is 0 Å². The van der Waals surface area contributed by atoms with Gasteiger partial charge < -0.3 is 0 Å². The highest BCUT2D eigenvalue weighted by molar-refractivity contribution is 5.87. The van der Waals surface area contributed by atoms with Crippen molar-refractivity contribution in [2.45, 2.75) is 13.3 Å². The number of para-hydroxylation sites is 1.